The Labute approximate surface area is 222 Å². The van der Waals surface area contributed by atoms with E-state index >= 15 is 0 Å². The first-order chi connectivity index (χ1) is 16.3. The molecule has 0 saturated heterocycles. The van der Waals surface area contributed by atoms with Gasteiger partial charge in [0.25, 0.3) is 10.0 Å². The highest BCUT2D eigenvalue weighted by Crippen LogP contribution is 2.35. The Bertz CT molecular complexity index is 1460. The van der Waals surface area contributed by atoms with Crippen molar-refractivity contribution in [3.63, 3.8) is 0 Å². The van der Waals surface area contributed by atoms with Crippen LogP contribution in [0.5, 0.6) is 0 Å². The van der Waals surface area contributed by atoms with E-state index < -0.39 is 32.5 Å². The Hall–Kier alpha value is -2.21. The van der Waals surface area contributed by atoms with Crippen LogP contribution in [-0.4, -0.2) is 35.5 Å². The number of nitrogens with one attached hydrogen (secondary N) is 2. The molecule has 0 unspecified atom stereocenters. The molecule has 14 heteroatoms. The molecule has 3 rings (SSSR count). The summed E-state index contributed by atoms with van der Waals surface area (Å²) in [6.07, 6.45) is 0.909. The molecule has 1 amide bonds. The fourth-order valence-corrected chi connectivity index (χ4v) is 5.60. The predicted octanol–water partition coefficient (Wildman–Crippen LogP) is 5.51. The highest BCUT2D eigenvalue weighted by atomic mass is 35.5. The molecule has 0 atom stereocenters. The van der Waals surface area contributed by atoms with Crippen molar-refractivity contribution in [1.29, 1.82) is 0 Å². The van der Waals surface area contributed by atoms with Crippen LogP contribution in [-0.2, 0) is 24.8 Å². The molecule has 3 aromatic carbocycles. The summed E-state index contributed by atoms with van der Waals surface area (Å²) in [6, 6.07) is 13.9. The summed E-state index contributed by atoms with van der Waals surface area (Å²) in [5.41, 5.74) is 0.552. The van der Waals surface area contributed by atoms with Gasteiger partial charge in [-0.15, -0.1) is 0 Å². The first kappa shape index (κ1) is 27.4. The molecule has 8 nitrogen and oxygen atoms in total. The monoisotopic (exact) mass is 595 g/mol. The standard InChI is InChI=1S/C21H17Cl4N3O5S2/c1-34(30,31)28(20-11-18(24)17(23)10-19(20)25)12-21(29)26-14-6-8-16(9-7-14)35(32,33)27-15-4-2-13(22)3-5-15/h2-11,27H,12H2,1H3,(H,26,29). The van der Waals surface area contributed by atoms with Gasteiger partial charge in [0, 0.05) is 16.4 Å². The normalized spacial score (nSPS) is 11.7. The van der Waals surface area contributed by atoms with Gasteiger partial charge in [-0.1, -0.05) is 46.4 Å². The van der Waals surface area contributed by atoms with Crippen molar-refractivity contribution in [1.82, 2.24) is 0 Å². The van der Waals surface area contributed by atoms with E-state index in [2.05, 4.69) is 10.0 Å². The third-order valence-electron chi connectivity index (χ3n) is 4.49. The molecule has 0 radical (unpaired) electrons. The van der Waals surface area contributed by atoms with E-state index in [9.17, 15) is 21.6 Å². The van der Waals surface area contributed by atoms with Gasteiger partial charge < -0.3 is 5.32 Å². The minimum Gasteiger partial charge on any atom is -0.325 e. The minimum absolute atomic E-state index is 0.0135. The fraction of sp³-hybridized carbons (Fsp3) is 0.0952. The number of hydrogen-bond donors (Lipinski definition) is 2. The molecular formula is C21H17Cl4N3O5S2. The smallest absolute Gasteiger partial charge is 0.261 e. The van der Waals surface area contributed by atoms with Gasteiger partial charge in [-0.3, -0.25) is 13.8 Å². The zero-order chi connectivity index (χ0) is 26.0. The lowest BCUT2D eigenvalue weighted by Crippen LogP contribution is -2.37. The maximum Gasteiger partial charge on any atom is 0.261 e. The van der Waals surface area contributed by atoms with Crippen LogP contribution in [0.1, 0.15) is 0 Å². The summed E-state index contributed by atoms with van der Waals surface area (Å²) >= 11 is 23.8. The van der Waals surface area contributed by atoms with Gasteiger partial charge in [0.1, 0.15) is 6.54 Å². The van der Waals surface area contributed by atoms with Crippen LogP contribution in [0.3, 0.4) is 0 Å². The number of sulfonamides is 2. The Morgan fingerprint density at radius 1 is 0.800 bits per heavy atom. The van der Waals surface area contributed by atoms with Crippen molar-refractivity contribution in [3.05, 3.63) is 80.8 Å². The topological polar surface area (TPSA) is 113 Å². The average molecular weight is 597 g/mol. The number of nitrogens with zero attached hydrogens (tertiary/aromatic N) is 1. The van der Waals surface area contributed by atoms with Crippen molar-refractivity contribution in [3.8, 4) is 0 Å². The van der Waals surface area contributed by atoms with Crippen LogP contribution in [0.2, 0.25) is 20.1 Å². The maximum absolute atomic E-state index is 12.6. The number of carbonyl (C=O) groups is 1. The van der Waals surface area contributed by atoms with Crippen LogP contribution < -0.4 is 14.3 Å². The van der Waals surface area contributed by atoms with Gasteiger partial charge in [-0.05, 0) is 60.7 Å². The van der Waals surface area contributed by atoms with Gasteiger partial charge >= 0.3 is 0 Å². The molecule has 0 fully saturated rings. The molecule has 3 aromatic rings. The number of benzene rings is 3. The number of halogens is 4. The molecule has 186 valence electrons. The minimum atomic E-state index is -3.93. The lowest BCUT2D eigenvalue weighted by Gasteiger charge is -2.23. The molecule has 2 N–H and O–H groups in total. The quantitative estimate of drug-likeness (QED) is 0.333. The van der Waals surface area contributed by atoms with Crippen molar-refractivity contribution in [2.24, 2.45) is 0 Å². The summed E-state index contributed by atoms with van der Waals surface area (Å²) < 4.78 is 53.0. The van der Waals surface area contributed by atoms with Crippen LogP contribution in [0.4, 0.5) is 17.1 Å². The Balaban J connectivity index is 1.74. The zero-order valence-corrected chi connectivity index (χ0v) is 22.5. The van der Waals surface area contributed by atoms with Crippen LogP contribution in [0.25, 0.3) is 0 Å². The first-order valence-corrected chi connectivity index (χ1v) is 14.4. The molecule has 0 aliphatic carbocycles. The number of anilines is 3. The van der Waals surface area contributed by atoms with E-state index in [1.165, 1.54) is 48.5 Å². The predicted molar refractivity (Wildman–Crippen MR) is 141 cm³/mol. The van der Waals surface area contributed by atoms with Crippen molar-refractivity contribution >= 4 is 89.4 Å². The largest absolute Gasteiger partial charge is 0.325 e. The van der Waals surface area contributed by atoms with E-state index in [0.717, 1.165) is 10.6 Å². The lowest BCUT2D eigenvalue weighted by molar-refractivity contribution is -0.114. The maximum atomic E-state index is 12.6. The number of amides is 1. The van der Waals surface area contributed by atoms with Crippen molar-refractivity contribution in [2.75, 3.05) is 27.1 Å². The summed E-state index contributed by atoms with van der Waals surface area (Å²) in [7, 11) is -7.81. The second kappa shape index (κ2) is 10.8. The van der Waals surface area contributed by atoms with E-state index in [4.69, 9.17) is 46.4 Å². The first-order valence-electron chi connectivity index (χ1n) is 9.57. The molecule has 0 aliphatic rings. The molecule has 35 heavy (non-hydrogen) atoms. The van der Waals surface area contributed by atoms with E-state index in [1.54, 1.807) is 12.1 Å². The van der Waals surface area contributed by atoms with Crippen LogP contribution in [0.15, 0.2) is 65.6 Å². The third kappa shape index (κ3) is 7.16. The van der Waals surface area contributed by atoms with Gasteiger partial charge in [-0.25, -0.2) is 16.8 Å². The second-order valence-corrected chi connectivity index (χ2v) is 12.4. The van der Waals surface area contributed by atoms with Crippen LogP contribution in [0, 0.1) is 0 Å². The number of rotatable bonds is 8. The molecule has 0 heterocycles. The Morgan fingerprint density at radius 2 is 1.34 bits per heavy atom. The molecule has 0 aliphatic heterocycles. The molecular weight excluding hydrogens is 580 g/mol. The second-order valence-electron chi connectivity index (χ2n) is 7.17. The molecule has 0 bridgehead atoms. The summed E-state index contributed by atoms with van der Waals surface area (Å²) in [5.74, 6) is -0.701. The van der Waals surface area contributed by atoms with E-state index in [1.807, 2.05) is 0 Å². The SMILES string of the molecule is CS(=O)(=O)N(CC(=O)Nc1ccc(S(=O)(=O)Nc2ccc(Cl)cc2)cc1)c1cc(Cl)c(Cl)cc1Cl. The van der Waals surface area contributed by atoms with Gasteiger partial charge in [0.2, 0.25) is 15.9 Å². The number of carbonyl (C=O) groups excluding carboxylic acids is 1. The summed E-state index contributed by atoms with van der Waals surface area (Å²) in [5, 5.41) is 3.15. The average Bonchev–Trinajstić information content (AvgIpc) is 2.76. The number of hydrogen-bond acceptors (Lipinski definition) is 5. The van der Waals surface area contributed by atoms with Gasteiger partial charge in [-0.2, -0.15) is 0 Å². The molecule has 0 aromatic heterocycles. The highest BCUT2D eigenvalue weighted by molar-refractivity contribution is 7.92. The molecule has 0 spiro atoms. The Kier molecular flexibility index (Phi) is 8.46. The molecule has 0 saturated carbocycles. The van der Waals surface area contributed by atoms with Crippen molar-refractivity contribution in [2.45, 2.75) is 4.90 Å². The fourth-order valence-electron chi connectivity index (χ4n) is 2.86. The van der Waals surface area contributed by atoms with Gasteiger partial charge in [0.15, 0.2) is 0 Å². The van der Waals surface area contributed by atoms with E-state index in [0.29, 0.717) is 10.7 Å². The lowest BCUT2D eigenvalue weighted by atomic mass is 10.3. The summed E-state index contributed by atoms with van der Waals surface area (Å²) in [6.45, 7) is -0.616. The highest BCUT2D eigenvalue weighted by Gasteiger charge is 2.24. The van der Waals surface area contributed by atoms with Crippen molar-refractivity contribution < 1.29 is 21.6 Å². The Morgan fingerprint density at radius 3 is 1.91 bits per heavy atom. The van der Waals surface area contributed by atoms with Gasteiger partial charge in [0.05, 0.1) is 31.9 Å². The van der Waals surface area contributed by atoms with E-state index in [-0.39, 0.29) is 31.3 Å². The summed E-state index contributed by atoms with van der Waals surface area (Å²) in [4.78, 5) is 12.5. The van der Waals surface area contributed by atoms with Crippen LogP contribution >= 0.6 is 46.4 Å². The third-order valence-corrected chi connectivity index (χ3v) is 8.29. The zero-order valence-electron chi connectivity index (χ0n) is 17.8.